The highest BCUT2D eigenvalue weighted by molar-refractivity contribution is 5.35. The molecule has 2 rings (SSSR count). The number of nitrogens with zero attached hydrogens (tertiary/aromatic N) is 4. The van der Waals surface area contributed by atoms with Crippen molar-refractivity contribution in [1.82, 2.24) is 20.0 Å². The molecule has 0 aliphatic heterocycles. The second kappa shape index (κ2) is 5.03. The van der Waals surface area contributed by atoms with Crippen LogP contribution in [0.4, 0.5) is 5.82 Å². The maximum atomic E-state index is 5.81. The smallest absolute Gasteiger partial charge is 0.213 e. The molecule has 2 aromatic heterocycles. The normalized spacial score (nSPS) is 10.9. The van der Waals surface area contributed by atoms with Gasteiger partial charge in [-0.15, -0.1) is 5.10 Å². The van der Waals surface area contributed by atoms with Crippen LogP contribution in [-0.2, 0) is 6.54 Å². The SMILES string of the molecule is COc1cccc(Cn2nnc(N)c2C(C)C)n1. The third-order valence-corrected chi connectivity index (χ3v) is 2.65. The fourth-order valence-electron chi connectivity index (χ4n) is 1.86. The van der Waals surface area contributed by atoms with Gasteiger partial charge in [0, 0.05) is 6.07 Å². The average molecular weight is 247 g/mol. The number of ether oxygens (including phenoxy) is 1. The lowest BCUT2D eigenvalue weighted by Gasteiger charge is -2.09. The van der Waals surface area contributed by atoms with Crippen molar-refractivity contribution in [2.45, 2.75) is 26.3 Å². The largest absolute Gasteiger partial charge is 0.481 e. The van der Waals surface area contributed by atoms with Gasteiger partial charge in [-0.2, -0.15) is 0 Å². The quantitative estimate of drug-likeness (QED) is 0.884. The number of methoxy groups -OCH3 is 1. The zero-order valence-corrected chi connectivity index (χ0v) is 10.8. The number of aromatic nitrogens is 4. The van der Waals surface area contributed by atoms with Gasteiger partial charge >= 0.3 is 0 Å². The Morgan fingerprint density at radius 1 is 1.39 bits per heavy atom. The first-order valence-electron chi connectivity index (χ1n) is 5.80. The fraction of sp³-hybridized carbons (Fsp3) is 0.417. The van der Waals surface area contributed by atoms with Crippen molar-refractivity contribution in [2.24, 2.45) is 0 Å². The highest BCUT2D eigenvalue weighted by Crippen LogP contribution is 2.20. The molecule has 0 saturated heterocycles. The van der Waals surface area contributed by atoms with Crippen LogP contribution in [-0.4, -0.2) is 27.1 Å². The first-order valence-corrected chi connectivity index (χ1v) is 5.80. The van der Waals surface area contributed by atoms with Gasteiger partial charge in [-0.05, 0) is 12.0 Å². The van der Waals surface area contributed by atoms with Crippen molar-refractivity contribution in [3.8, 4) is 5.88 Å². The average Bonchev–Trinajstić information content (AvgIpc) is 2.70. The Morgan fingerprint density at radius 3 is 2.83 bits per heavy atom. The highest BCUT2D eigenvalue weighted by Gasteiger charge is 2.14. The van der Waals surface area contributed by atoms with Gasteiger partial charge in [0.2, 0.25) is 5.88 Å². The lowest BCUT2D eigenvalue weighted by molar-refractivity contribution is 0.395. The van der Waals surface area contributed by atoms with Gasteiger partial charge in [0.05, 0.1) is 25.0 Å². The van der Waals surface area contributed by atoms with Crippen molar-refractivity contribution < 1.29 is 4.74 Å². The van der Waals surface area contributed by atoms with E-state index in [1.807, 2.05) is 18.2 Å². The molecule has 6 heteroatoms. The van der Waals surface area contributed by atoms with Crippen LogP contribution in [0, 0.1) is 0 Å². The second-order valence-electron chi connectivity index (χ2n) is 4.34. The first kappa shape index (κ1) is 12.3. The van der Waals surface area contributed by atoms with E-state index in [0.717, 1.165) is 11.4 Å². The molecule has 2 N–H and O–H groups in total. The van der Waals surface area contributed by atoms with Crippen LogP contribution in [0.5, 0.6) is 5.88 Å². The zero-order chi connectivity index (χ0) is 13.1. The summed E-state index contributed by atoms with van der Waals surface area (Å²) in [5, 5.41) is 7.96. The van der Waals surface area contributed by atoms with Gasteiger partial charge in [0.1, 0.15) is 0 Å². The van der Waals surface area contributed by atoms with E-state index in [1.165, 1.54) is 0 Å². The standard InChI is InChI=1S/C12H17N5O/c1-8(2)11-12(13)15-16-17(11)7-9-5-4-6-10(14-9)18-3/h4-6,8H,7,13H2,1-3H3. The van der Waals surface area contributed by atoms with Crippen LogP contribution < -0.4 is 10.5 Å². The summed E-state index contributed by atoms with van der Waals surface area (Å²) in [7, 11) is 1.60. The lowest BCUT2D eigenvalue weighted by atomic mass is 10.1. The van der Waals surface area contributed by atoms with Crippen LogP contribution in [0.3, 0.4) is 0 Å². The molecule has 18 heavy (non-hydrogen) atoms. The Hall–Kier alpha value is -2.11. The number of nitrogen functional groups attached to an aromatic ring is 1. The number of hydrogen-bond donors (Lipinski definition) is 1. The van der Waals surface area contributed by atoms with E-state index in [2.05, 4.69) is 29.1 Å². The predicted octanol–water partition coefficient (Wildman–Crippen LogP) is 1.44. The van der Waals surface area contributed by atoms with Crippen LogP contribution in [0.15, 0.2) is 18.2 Å². The molecule has 0 radical (unpaired) electrons. The molecular formula is C12H17N5O. The minimum Gasteiger partial charge on any atom is -0.481 e. The number of rotatable bonds is 4. The third kappa shape index (κ3) is 2.42. The minimum atomic E-state index is 0.269. The summed E-state index contributed by atoms with van der Waals surface area (Å²) < 4.78 is 6.87. The Labute approximate surface area is 106 Å². The number of hydrogen-bond acceptors (Lipinski definition) is 5. The molecule has 0 atom stereocenters. The Kier molecular flexibility index (Phi) is 3.45. The molecule has 2 heterocycles. The summed E-state index contributed by atoms with van der Waals surface area (Å²) in [6, 6.07) is 5.63. The van der Waals surface area contributed by atoms with Gasteiger partial charge in [-0.25, -0.2) is 9.67 Å². The van der Waals surface area contributed by atoms with Crippen LogP contribution in [0.2, 0.25) is 0 Å². The van der Waals surface area contributed by atoms with Gasteiger partial charge in [0.25, 0.3) is 0 Å². The molecule has 0 amide bonds. The van der Waals surface area contributed by atoms with Crippen LogP contribution in [0.1, 0.15) is 31.2 Å². The molecule has 0 aromatic carbocycles. The Bertz CT molecular complexity index is 535. The predicted molar refractivity (Wildman–Crippen MR) is 68.4 cm³/mol. The van der Waals surface area contributed by atoms with E-state index < -0.39 is 0 Å². The minimum absolute atomic E-state index is 0.269. The molecule has 0 aliphatic rings. The molecule has 0 fully saturated rings. The van der Waals surface area contributed by atoms with E-state index >= 15 is 0 Å². The Balaban J connectivity index is 2.28. The molecule has 2 aromatic rings. The number of pyridine rings is 1. The van der Waals surface area contributed by atoms with Crippen molar-refractivity contribution in [1.29, 1.82) is 0 Å². The molecule has 0 aliphatic carbocycles. The van der Waals surface area contributed by atoms with E-state index in [1.54, 1.807) is 11.8 Å². The first-order chi connectivity index (χ1) is 8.61. The molecule has 6 nitrogen and oxygen atoms in total. The van der Waals surface area contributed by atoms with Crippen LogP contribution >= 0.6 is 0 Å². The lowest BCUT2D eigenvalue weighted by Crippen LogP contribution is -2.10. The van der Waals surface area contributed by atoms with E-state index in [0.29, 0.717) is 18.2 Å². The zero-order valence-electron chi connectivity index (χ0n) is 10.8. The molecule has 0 unspecified atom stereocenters. The van der Waals surface area contributed by atoms with Crippen molar-refractivity contribution in [2.75, 3.05) is 12.8 Å². The van der Waals surface area contributed by atoms with Crippen molar-refractivity contribution >= 4 is 5.82 Å². The van der Waals surface area contributed by atoms with Gasteiger partial charge in [-0.3, -0.25) is 0 Å². The van der Waals surface area contributed by atoms with E-state index in [4.69, 9.17) is 10.5 Å². The topological polar surface area (TPSA) is 78.8 Å². The number of nitrogens with two attached hydrogens (primary N) is 1. The second-order valence-corrected chi connectivity index (χ2v) is 4.34. The maximum absolute atomic E-state index is 5.81. The van der Waals surface area contributed by atoms with Crippen molar-refractivity contribution in [3.63, 3.8) is 0 Å². The molecule has 0 saturated carbocycles. The summed E-state index contributed by atoms with van der Waals surface area (Å²) in [5.74, 6) is 1.34. The third-order valence-electron chi connectivity index (χ3n) is 2.65. The molecule has 0 spiro atoms. The summed E-state index contributed by atoms with van der Waals surface area (Å²) >= 11 is 0. The van der Waals surface area contributed by atoms with Gasteiger partial charge in [-0.1, -0.05) is 25.1 Å². The number of anilines is 1. The Morgan fingerprint density at radius 2 is 2.17 bits per heavy atom. The van der Waals surface area contributed by atoms with Crippen molar-refractivity contribution in [3.05, 3.63) is 29.6 Å². The van der Waals surface area contributed by atoms with Gasteiger partial charge in [0.15, 0.2) is 5.82 Å². The summed E-state index contributed by atoms with van der Waals surface area (Å²) in [4.78, 5) is 4.34. The summed E-state index contributed by atoms with van der Waals surface area (Å²) in [5.41, 5.74) is 7.60. The highest BCUT2D eigenvalue weighted by atomic mass is 16.5. The van der Waals surface area contributed by atoms with E-state index in [-0.39, 0.29) is 5.92 Å². The fourth-order valence-corrected chi connectivity index (χ4v) is 1.86. The summed E-state index contributed by atoms with van der Waals surface area (Å²) in [6.45, 7) is 4.66. The molecular weight excluding hydrogens is 230 g/mol. The van der Waals surface area contributed by atoms with Crippen LogP contribution in [0.25, 0.3) is 0 Å². The molecule has 0 bridgehead atoms. The van der Waals surface area contributed by atoms with E-state index in [9.17, 15) is 0 Å². The van der Waals surface area contributed by atoms with Gasteiger partial charge < -0.3 is 10.5 Å². The molecule has 96 valence electrons. The maximum Gasteiger partial charge on any atom is 0.213 e. The summed E-state index contributed by atoms with van der Waals surface area (Å²) in [6.07, 6.45) is 0. The monoisotopic (exact) mass is 247 g/mol.